The normalized spacial score (nSPS) is 10.2. The maximum absolute atomic E-state index is 13.1. The van der Waals surface area contributed by atoms with Gasteiger partial charge in [0, 0.05) is 5.56 Å². The zero-order chi connectivity index (χ0) is 12.4. The van der Waals surface area contributed by atoms with Crippen LogP contribution in [0.4, 0.5) is 4.39 Å². The summed E-state index contributed by atoms with van der Waals surface area (Å²) in [5.41, 5.74) is 0.628. The molecule has 1 aromatic heterocycles. The molecule has 0 fully saturated rings. The van der Waals surface area contributed by atoms with E-state index in [1.807, 2.05) is 0 Å². The molecule has 0 spiro atoms. The van der Waals surface area contributed by atoms with Gasteiger partial charge in [-0.05, 0) is 30.3 Å². The van der Waals surface area contributed by atoms with Crippen molar-refractivity contribution in [3.05, 3.63) is 47.9 Å². The van der Waals surface area contributed by atoms with Crippen molar-refractivity contribution in [2.75, 3.05) is 0 Å². The molecule has 86 valence electrons. The Hall–Kier alpha value is -2.43. The highest BCUT2D eigenvalue weighted by Crippen LogP contribution is 2.23. The van der Waals surface area contributed by atoms with E-state index in [0.717, 1.165) is 6.07 Å². The molecule has 1 aromatic carbocycles. The first kappa shape index (κ1) is 11.1. The Balaban J connectivity index is 2.49. The molecule has 0 unspecified atom stereocenters. The van der Waals surface area contributed by atoms with E-state index in [4.69, 9.17) is 10.2 Å². The number of aromatic hydroxyl groups is 1. The maximum atomic E-state index is 13.1. The van der Waals surface area contributed by atoms with Crippen LogP contribution >= 0.6 is 0 Å². The van der Waals surface area contributed by atoms with E-state index < -0.39 is 17.5 Å². The number of carbonyl (C=O) groups is 1. The van der Waals surface area contributed by atoms with E-state index >= 15 is 0 Å². The molecule has 0 amide bonds. The van der Waals surface area contributed by atoms with Crippen LogP contribution in [0.1, 0.15) is 10.5 Å². The second kappa shape index (κ2) is 4.21. The first-order valence-electron chi connectivity index (χ1n) is 4.77. The van der Waals surface area contributed by atoms with Crippen LogP contribution in [0.5, 0.6) is 5.75 Å². The van der Waals surface area contributed by atoms with Crippen LogP contribution in [0.2, 0.25) is 0 Å². The van der Waals surface area contributed by atoms with Gasteiger partial charge >= 0.3 is 5.97 Å². The van der Waals surface area contributed by atoms with Crippen LogP contribution in [0.25, 0.3) is 11.3 Å². The SMILES string of the molecule is O=C(O)c1cccc(-c2ccc(O)c(F)c2)n1. The maximum Gasteiger partial charge on any atom is 0.354 e. The minimum absolute atomic E-state index is 0.115. The van der Waals surface area contributed by atoms with Gasteiger partial charge in [-0.15, -0.1) is 0 Å². The molecule has 0 saturated heterocycles. The molecule has 2 rings (SSSR count). The molecular formula is C12H8FNO3. The minimum Gasteiger partial charge on any atom is -0.505 e. The lowest BCUT2D eigenvalue weighted by atomic mass is 10.1. The zero-order valence-electron chi connectivity index (χ0n) is 8.59. The fraction of sp³-hybridized carbons (Fsp3) is 0. The Morgan fingerprint density at radius 2 is 2.00 bits per heavy atom. The fourth-order valence-corrected chi connectivity index (χ4v) is 1.38. The van der Waals surface area contributed by atoms with Crippen molar-refractivity contribution in [2.45, 2.75) is 0 Å². The smallest absolute Gasteiger partial charge is 0.354 e. The molecule has 17 heavy (non-hydrogen) atoms. The highest BCUT2D eigenvalue weighted by Gasteiger charge is 2.08. The summed E-state index contributed by atoms with van der Waals surface area (Å²) in [6.07, 6.45) is 0. The monoisotopic (exact) mass is 233 g/mol. The highest BCUT2D eigenvalue weighted by atomic mass is 19.1. The Kier molecular flexibility index (Phi) is 2.74. The zero-order valence-corrected chi connectivity index (χ0v) is 8.59. The quantitative estimate of drug-likeness (QED) is 0.834. The van der Waals surface area contributed by atoms with E-state index in [0.29, 0.717) is 11.3 Å². The largest absolute Gasteiger partial charge is 0.505 e. The van der Waals surface area contributed by atoms with Crippen LogP contribution in [0.15, 0.2) is 36.4 Å². The van der Waals surface area contributed by atoms with Crippen LogP contribution in [-0.2, 0) is 0 Å². The van der Waals surface area contributed by atoms with Gasteiger partial charge in [-0.3, -0.25) is 0 Å². The average Bonchev–Trinajstić information content (AvgIpc) is 2.33. The summed E-state index contributed by atoms with van der Waals surface area (Å²) in [5.74, 6) is -2.38. The second-order valence-electron chi connectivity index (χ2n) is 3.38. The third-order valence-corrected chi connectivity index (χ3v) is 2.21. The minimum atomic E-state index is -1.15. The molecule has 0 atom stereocenters. The summed E-state index contributed by atoms with van der Waals surface area (Å²) in [6.45, 7) is 0. The van der Waals surface area contributed by atoms with Crippen molar-refractivity contribution in [1.29, 1.82) is 0 Å². The number of aromatic nitrogens is 1. The lowest BCUT2D eigenvalue weighted by molar-refractivity contribution is 0.0690. The summed E-state index contributed by atoms with van der Waals surface area (Å²) in [4.78, 5) is 14.6. The first-order chi connectivity index (χ1) is 8.08. The Bertz CT molecular complexity index is 584. The van der Waals surface area contributed by atoms with Crippen molar-refractivity contribution >= 4 is 5.97 Å². The van der Waals surface area contributed by atoms with E-state index in [9.17, 15) is 9.18 Å². The first-order valence-corrected chi connectivity index (χ1v) is 4.77. The molecule has 5 heteroatoms. The number of halogens is 1. The number of nitrogens with zero attached hydrogens (tertiary/aromatic N) is 1. The number of aromatic carboxylic acids is 1. The van der Waals surface area contributed by atoms with Crippen molar-refractivity contribution in [3.63, 3.8) is 0 Å². The Labute approximate surface area is 96.0 Å². The predicted octanol–water partition coefficient (Wildman–Crippen LogP) is 2.29. The number of carboxylic acid groups (broad SMARTS) is 1. The highest BCUT2D eigenvalue weighted by molar-refractivity contribution is 5.86. The summed E-state index contributed by atoms with van der Waals surface area (Å²) in [6, 6.07) is 8.20. The lowest BCUT2D eigenvalue weighted by Crippen LogP contribution is -2.00. The molecule has 0 bridgehead atoms. The Morgan fingerprint density at radius 3 is 2.65 bits per heavy atom. The number of hydrogen-bond acceptors (Lipinski definition) is 3. The molecule has 2 N–H and O–H groups in total. The van der Waals surface area contributed by atoms with Crippen molar-refractivity contribution < 1.29 is 19.4 Å². The number of rotatable bonds is 2. The summed E-state index contributed by atoms with van der Waals surface area (Å²) >= 11 is 0. The van der Waals surface area contributed by atoms with Gasteiger partial charge in [0.05, 0.1) is 5.69 Å². The van der Waals surface area contributed by atoms with Crippen molar-refractivity contribution in [1.82, 2.24) is 4.98 Å². The van der Waals surface area contributed by atoms with Crippen molar-refractivity contribution in [2.24, 2.45) is 0 Å². The molecule has 0 radical (unpaired) electrons. The molecular weight excluding hydrogens is 225 g/mol. The van der Waals surface area contributed by atoms with Gasteiger partial charge in [0.15, 0.2) is 11.6 Å². The van der Waals surface area contributed by atoms with E-state index in [-0.39, 0.29) is 5.69 Å². The topological polar surface area (TPSA) is 70.4 Å². The van der Waals surface area contributed by atoms with Gasteiger partial charge in [-0.25, -0.2) is 14.2 Å². The van der Waals surface area contributed by atoms with Crippen LogP contribution in [-0.4, -0.2) is 21.2 Å². The molecule has 0 saturated carbocycles. The van der Waals surface area contributed by atoms with Gasteiger partial charge in [0.25, 0.3) is 0 Å². The van der Waals surface area contributed by atoms with Crippen LogP contribution in [0.3, 0.4) is 0 Å². The standard InChI is InChI=1S/C12H8FNO3/c13-8-6-7(4-5-11(8)15)9-2-1-3-10(14-9)12(16)17/h1-6,15H,(H,16,17). The number of pyridine rings is 1. The molecule has 4 nitrogen and oxygen atoms in total. The summed E-state index contributed by atoms with van der Waals surface area (Å²) in [7, 11) is 0. The number of hydrogen-bond donors (Lipinski definition) is 2. The number of phenolic OH excluding ortho intramolecular Hbond substituents is 1. The van der Waals surface area contributed by atoms with Gasteiger partial charge in [-0.1, -0.05) is 6.07 Å². The summed E-state index contributed by atoms with van der Waals surface area (Å²) < 4.78 is 13.1. The van der Waals surface area contributed by atoms with Gasteiger partial charge in [-0.2, -0.15) is 0 Å². The average molecular weight is 233 g/mol. The van der Waals surface area contributed by atoms with Gasteiger partial charge < -0.3 is 10.2 Å². The van der Waals surface area contributed by atoms with Gasteiger partial charge in [0.1, 0.15) is 5.69 Å². The van der Waals surface area contributed by atoms with Crippen LogP contribution < -0.4 is 0 Å². The number of carboxylic acids is 1. The molecule has 1 heterocycles. The molecule has 2 aromatic rings. The van der Waals surface area contributed by atoms with Crippen LogP contribution in [0, 0.1) is 5.82 Å². The van der Waals surface area contributed by atoms with E-state index in [2.05, 4.69) is 4.98 Å². The second-order valence-corrected chi connectivity index (χ2v) is 3.38. The predicted molar refractivity (Wildman–Crippen MR) is 58.3 cm³/mol. The number of phenols is 1. The molecule has 0 aliphatic carbocycles. The lowest BCUT2D eigenvalue weighted by Gasteiger charge is -2.03. The van der Waals surface area contributed by atoms with Crippen molar-refractivity contribution in [3.8, 4) is 17.0 Å². The summed E-state index contributed by atoms with van der Waals surface area (Å²) in [5, 5.41) is 17.8. The fourth-order valence-electron chi connectivity index (χ4n) is 1.38. The Morgan fingerprint density at radius 1 is 1.24 bits per heavy atom. The third kappa shape index (κ3) is 2.23. The number of benzene rings is 1. The van der Waals surface area contributed by atoms with E-state index in [1.54, 1.807) is 6.07 Å². The molecule has 0 aliphatic heterocycles. The van der Waals surface area contributed by atoms with E-state index in [1.165, 1.54) is 24.3 Å². The molecule has 0 aliphatic rings. The third-order valence-electron chi connectivity index (χ3n) is 2.21. The van der Waals surface area contributed by atoms with Gasteiger partial charge in [0.2, 0.25) is 0 Å².